The molecular weight excluding hydrogens is 398 g/mol. The normalized spacial score (nSPS) is 12.0. The molecule has 0 amide bonds. The van der Waals surface area contributed by atoms with Gasteiger partial charge in [-0.3, -0.25) is 4.79 Å². The number of aromatic nitrogens is 3. The van der Waals surface area contributed by atoms with Crippen LogP contribution in [-0.2, 0) is 6.54 Å². The summed E-state index contributed by atoms with van der Waals surface area (Å²) in [4.78, 5) is 13.0. The topological polar surface area (TPSA) is 87.2 Å². The minimum atomic E-state index is -0.902. The molecule has 0 fully saturated rings. The SMILES string of the molecule is COc1cccc(-c2cc3c(=O)n(CC(O)c4ccc(OC)c(OC)c4)ccn3n2)c1. The third-order valence-corrected chi connectivity index (χ3v) is 5.13. The first kappa shape index (κ1) is 20.5. The van der Waals surface area contributed by atoms with Crippen LogP contribution in [0, 0.1) is 0 Å². The fourth-order valence-electron chi connectivity index (χ4n) is 3.45. The van der Waals surface area contributed by atoms with Gasteiger partial charge in [0.25, 0.3) is 5.56 Å². The molecule has 0 radical (unpaired) electrons. The Morgan fingerprint density at radius 1 is 0.968 bits per heavy atom. The number of benzene rings is 2. The van der Waals surface area contributed by atoms with E-state index in [1.165, 1.54) is 16.2 Å². The summed E-state index contributed by atoms with van der Waals surface area (Å²) in [6.45, 7) is 0.0878. The molecule has 160 valence electrons. The first-order valence-corrected chi connectivity index (χ1v) is 9.67. The Morgan fingerprint density at radius 2 is 1.77 bits per heavy atom. The Kier molecular flexibility index (Phi) is 5.64. The molecule has 0 aliphatic heterocycles. The average Bonchev–Trinajstić information content (AvgIpc) is 3.25. The lowest BCUT2D eigenvalue weighted by molar-refractivity contribution is 0.154. The van der Waals surface area contributed by atoms with E-state index in [2.05, 4.69) is 5.10 Å². The molecule has 2 aromatic heterocycles. The van der Waals surface area contributed by atoms with E-state index in [0.717, 1.165) is 5.56 Å². The van der Waals surface area contributed by atoms with Crippen molar-refractivity contribution >= 4 is 5.52 Å². The summed E-state index contributed by atoms with van der Waals surface area (Å²) < 4.78 is 18.8. The Morgan fingerprint density at radius 3 is 2.52 bits per heavy atom. The smallest absolute Gasteiger partial charge is 0.276 e. The third kappa shape index (κ3) is 3.97. The molecule has 2 heterocycles. The highest BCUT2D eigenvalue weighted by Crippen LogP contribution is 2.30. The Balaban J connectivity index is 1.64. The van der Waals surface area contributed by atoms with Crippen LogP contribution in [0.5, 0.6) is 17.2 Å². The summed E-state index contributed by atoms with van der Waals surface area (Å²) >= 11 is 0. The zero-order valence-electron chi connectivity index (χ0n) is 17.5. The van der Waals surface area contributed by atoms with Gasteiger partial charge in [-0.15, -0.1) is 0 Å². The minimum Gasteiger partial charge on any atom is -0.497 e. The molecule has 31 heavy (non-hydrogen) atoms. The number of nitrogens with zero attached hydrogens (tertiary/aromatic N) is 3. The quantitative estimate of drug-likeness (QED) is 0.494. The summed E-state index contributed by atoms with van der Waals surface area (Å²) in [7, 11) is 4.69. The van der Waals surface area contributed by atoms with Gasteiger partial charge >= 0.3 is 0 Å². The van der Waals surface area contributed by atoms with E-state index >= 15 is 0 Å². The van der Waals surface area contributed by atoms with Crippen LogP contribution in [0.4, 0.5) is 0 Å². The van der Waals surface area contributed by atoms with Gasteiger partial charge in [0.2, 0.25) is 0 Å². The summed E-state index contributed by atoms with van der Waals surface area (Å²) in [5.74, 6) is 1.80. The third-order valence-electron chi connectivity index (χ3n) is 5.13. The lowest BCUT2D eigenvalue weighted by Gasteiger charge is -2.15. The van der Waals surface area contributed by atoms with Gasteiger partial charge in [-0.25, -0.2) is 4.52 Å². The van der Waals surface area contributed by atoms with Crippen molar-refractivity contribution in [2.45, 2.75) is 12.6 Å². The maximum atomic E-state index is 13.0. The molecule has 2 aromatic carbocycles. The standard InChI is InChI=1S/C23H23N3O5/c1-29-17-6-4-5-15(11-17)18-13-19-23(28)25(9-10-26(19)24-18)14-20(27)16-7-8-21(30-2)22(12-16)31-3/h4-13,20,27H,14H2,1-3H3. The predicted molar refractivity (Wildman–Crippen MR) is 116 cm³/mol. The van der Waals surface area contributed by atoms with E-state index in [0.29, 0.717) is 34.0 Å². The lowest BCUT2D eigenvalue weighted by atomic mass is 10.1. The van der Waals surface area contributed by atoms with Crippen molar-refractivity contribution < 1.29 is 19.3 Å². The van der Waals surface area contributed by atoms with E-state index in [4.69, 9.17) is 14.2 Å². The van der Waals surface area contributed by atoms with E-state index < -0.39 is 6.10 Å². The monoisotopic (exact) mass is 421 g/mol. The van der Waals surface area contributed by atoms with Gasteiger partial charge in [0.15, 0.2) is 11.5 Å². The zero-order valence-corrected chi connectivity index (χ0v) is 17.5. The fourth-order valence-corrected chi connectivity index (χ4v) is 3.45. The maximum absolute atomic E-state index is 13.0. The van der Waals surface area contributed by atoms with Crippen LogP contribution < -0.4 is 19.8 Å². The Hall–Kier alpha value is -3.78. The van der Waals surface area contributed by atoms with Crippen LogP contribution in [-0.4, -0.2) is 40.6 Å². The number of ether oxygens (including phenoxy) is 3. The summed E-state index contributed by atoms with van der Waals surface area (Å²) in [5, 5.41) is 15.2. The van der Waals surface area contributed by atoms with E-state index in [1.54, 1.807) is 50.9 Å². The van der Waals surface area contributed by atoms with E-state index in [9.17, 15) is 9.90 Å². The van der Waals surface area contributed by atoms with Crippen molar-refractivity contribution in [3.05, 3.63) is 76.8 Å². The Bertz CT molecular complexity index is 1280. The summed E-state index contributed by atoms with van der Waals surface area (Å²) in [6, 6.07) is 14.4. The van der Waals surface area contributed by atoms with Crippen molar-refractivity contribution in [3.63, 3.8) is 0 Å². The van der Waals surface area contributed by atoms with Gasteiger partial charge < -0.3 is 23.9 Å². The van der Waals surface area contributed by atoms with Gasteiger partial charge in [-0.2, -0.15) is 5.10 Å². The second-order valence-corrected chi connectivity index (χ2v) is 6.98. The predicted octanol–water partition coefficient (Wildman–Crippen LogP) is 2.92. The first-order chi connectivity index (χ1) is 15.0. The van der Waals surface area contributed by atoms with Crippen molar-refractivity contribution in [3.8, 4) is 28.5 Å². The van der Waals surface area contributed by atoms with Crippen LogP contribution in [0.1, 0.15) is 11.7 Å². The molecule has 8 nitrogen and oxygen atoms in total. The second kappa shape index (κ2) is 8.53. The van der Waals surface area contributed by atoms with Crippen molar-refractivity contribution in [1.82, 2.24) is 14.2 Å². The van der Waals surface area contributed by atoms with Gasteiger partial charge in [0.1, 0.15) is 11.3 Å². The molecule has 0 aliphatic carbocycles. The maximum Gasteiger partial charge on any atom is 0.276 e. The van der Waals surface area contributed by atoms with Crippen molar-refractivity contribution in [1.29, 1.82) is 0 Å². The number of aliphatic hydroxyl groups excluding tert-OH is 1. The molecule has 4 aromatic rings. The van der Waals surface area contributed by atoms with Gasteiger partial charge in [0.05, 0.1) is 39.7 Å². The van der Waals surface area contributed by atoms with Crippen molar-refractivity contribution in [2.24, 2.45) is 0 Å². The lowest BCUT2D eigenvalue weighted by Crippen LogP contribution is -2.24. The molecule has 0 bridgehead atoms. The second-order valence-electron chi connectivity index (χ2n) is 6.98. The summed E-state index contributed by atoms with van der Waals surface area (Å²) in [6.07, 6.45) is 2.41. The highest BCUT2D eigenvalue weighted by Gasteiger charge is 2.15. The van der Waals surface area contributed by atoms with E-state index in [1.807, 2.05) is 24.3 Å². The zero-order chi connectivity index (χ0) is 22.0. The molecule has 0 saturated carbocycles. The first-order valence-electron chi connectivity index (χ1n) is 9.67. The number of aliphatic hydroxyl groups is 1. The molecule has 1 atom stereocenters. The van der Waals surface area contributed by atoms with Crippen LogP contribution >= 0.6 is 0 Å². The van der Waals surface area contributed by atoms with Crippen LogP contribution in [0.2, 0.25) is 0 Å². The van der Waals surface area contributed by atoms with Crippen LogP contribution in [0.25, 0.3) is 16.8 Å². The van der Waals surface area contributed by atoms with Crippen LogP contribution in [0.15, 0.2) is 65.7 Å². The number of rotatable bonds is 7. The van der Waals surface area contributed by atoms with E-state index in [-0.39, 0.29) is 12.1 Å². The van der Waals surface area contributed by atoms with Crippen molar-refractivity contribution in [2.75, 3.05) is 21.3 Å². The number of fused-ring (bicyclic) bond motifs is 1. The fraction of sp³-hybridized carbons (Fsp3) is 0.217. The molecule has 0 aliphatic rings. The molecule has 4 rings (SSSR count). The average molecular weight is 421 g/mol. The summed E-state index contributed by atoms with van der Waals surface area (Å²) in [5.41, 5.74) is 2.30. The Labute approximate surface area is 178 Å². The highest BCUT2D eigenvalue weighted by atomic mass is 16.5. The molecular formula is C23H23N3O5. The number of methoxy groups -OCH3 is 3. The minimum absolute atomic E-state index is 0.0878. The molecule has 1 N–H and O–H groups in total. The molecule has 0 spiro atoms. The molecule has 8 heteroatoms. The number of hydrogen-bond donors (Lipinski definition) is 1. The van der Waals surface area contributed by atoms with Gasteiger partial charge in [-0.1, -0.05) is 18.2 Å². The largest absolute Gasteiger partial charge is 0.497 e. The van der Waals surface area contributed by atoms with Gasteiger partial charge in [-0.05, 0) is 35.9 Å². The van der Waals surface area contributed by atoms with Gasteiger partial charge in [0, 0.05) is 18.0 Å². The molecule has 1 unspecified atom stereocenters. The molecule has 0 saturated heterocycles. The highest BCUT2D eigenvalue weighted by molar-refractivity contribution is 5.66. The van der Waals surface area contributed by atoms with Crippen LogP contribution in [0.3, 0.4) is 0 Å². The number of hydrogen-bond acceptors (Lipinski definition) is 6.